The maximum absolute atomic E-state index is 12.9. The number of unbranched alkanes of at least 4 members (excludes halogenated alkanes) is 28. The molecule has 0 saturated heterocycles. The van der Waals surface area contributed by atoms with Gasteiger partial charge in [0.2, 0.25) is 5.91 Å². The first-order valence-electron chi connectivity index (χ1n) is 22.4. The molecule has 0 spiro atoms. The third-order valence-electron chi connectivity index (χ3n) is 10.4. The van der Waals surface area contributed by atoms with Crippen molar-refractivity contribution in [3.05, 3.63) is 0 Å². The van der Waals surface area contributed by atoms with Crippen molar-refractivity contribution >= 4 is 13.7 Å². The van der Waals surface area contributed by atoms with Crippen LogP contribution in [0.5, 0.6) is 0 Å². The van der Waals surface area contributed by atoms with Gasteiger partial charge in [0.05, 0.1) is 39.9 Å². The number of carbonyl (C=O) groups excluding carboxylic acids is 1. The molecule has 0 fully saturated rings. The van der Waals surface area contributed by atoms with Gasteiger partial charge < -0.3 is 19.8 Å². The van der Waals surface area contributed by atoms with E-state index in [0.29, 0.717) is 23.9 Å². The van der Waals surface area contributed by atoms with Gasteiger partial charge in [0, 0.05) is 6.42 Å². The Balaban J connectivity index is 4.34. The first-order valence-corrected chi connectivity index (χ1v) is 23.9. The quantitative estimate of drug-likeness (QED) is 0.0325. The molecule has 3 atom stereocenters. The van der Waals surface area contributed by atoms with Crippen molar-refractivity contribution in [3.63, 3.8) is 0 Å². The number of hydrogen-bond donors (Lipinski definition) is 3. The van der Waals surface area contributed by atoms with Crippen molar-refractivity contribution < 1.29 is 32.9 Å². The van der Waals surface area contributed by atoms with Crippen LogP contribution in [0.4, 0.5) is 0 Å². The summed E-state index contributed by atoms with van der Waals surface area (Å²) in [5.74, 6) is -0.141. The number of phosphoric ester groups is 1. The second-order valence-electron chi connectivity index (χ2n) is 16.8. The molecule has 8 nitrogen and oxygen atoms in total. The molecule has 0 heterocycles. The molecule has 0 bridgehead atoms. The molecule has 3 unspecified atom stereocenters. The van der Waals surface area contributed by atoms with Gasteiger partial charge in [0.1, 0.15) is 13.2 Å². The highest BCUT2D eigenvalue weighted by molar-refractivity contribution is 7.47. The lowest BCUT2D eigenvalue weighted by Crippen LogP contribution is -2.46. The number of nitrogens with one attached hydrogen (secondary N) is 1. The van der Waals surface area contributed by atoms with Crippen molar-refractivity contribution in [3.8, 4) is 0 Å². The maximum atomic E-state index is 12.9. The van der Waals surface area contributed by atoms with Crippen molar-refractivity contribution in [2.24, 2.45) is 0 Å². The number of nitrogens with zero attached hydrogens (tertiary/aromatic N) is 1. The minimum atomic E-state index is -4.30. The van der Waals surface area contributed by atoms with Crippen LogP contribution in [0.3, 0.4) is 0 Å². The molecule has 52 heavy (non-hydrogen) atoms. The van der Waals surface area contributed by atoms with Gasteiger partial charge in [-0.2, -0.15) is 0 Å². The van der Waals surface area contributed by atoms with Crippen LogP contribution >= 0.6 is 7.82 Å². The molecule has 0 aliphatic rings. The topological polar surface area (TPSA) is 105 Å². The van der Waals surface area contributed by atoms with Crippen LogP contribution in [0.25, 0.3) is 0 Å². The summed E-state index contributed by atoms with van der Waals surface area (Å²) in [6.07, 6.45) is 38.3. The van der Waals surface area contributed by atoms with E-state index in [9.17, 15) is 19.4 Å². The highest BCUT2D eigenvalue weighted by Gasteiger charge is 2.28. The molecule has 0 radical (unpaired) electrons. The van der Waals surface area contributed by atoms with Gasteiger partial charge >= 0.3 is 7.82 Å². The number of hydrogen-bond acceptors (Lipinski definition) is 5. The summed E-state index contributed by atoms with van der Waals surface area (Å²) in [7, 11) is 1.63. The van der Waals surface area contributed by atoms with E-state index >= 15 is 0 Å². The number of amides is 1. The first-order chi connectivity index (χ1) is 25.0. The molecule has 0 aliphatic carbocycles. The minimum absolute atomic E-state index is 0.0785. The lowest BCUT2D eigenvalue weighted by molar-refractivity contribution is -0.870. The normalized spacial score (nSPS) is 14.4. The number of phosphoric acid groups is 1. The van der Waals surface area contributed by atoms with Crippen LogP contribution in [0.15, 0.2) is 0 Å². The zero-order valence-electron chi connectivity index (χ0n) is 35.3. The summed E-state index contributed by atoms with van der Waals surface area (Å²) in [5, 5.41) is 14.0. The van der Waals surface area contributed by atoms with Crippen molar-refractivity contribution in [1.29, 1.82) is 0 Å². The van der Waals surface area contributed by atoms with E-state index in [0.717, 1.165) is 38.5 Å². The molecule has 0 aromatic heterocycles. The van der Waals surface area contributed by atoms with Crippen LogP contribution in [-0.4, -0.2) is 73.4 Å². The standard InChI is InChI=1S/C43H89N2O6P/c1-6-8-10-12-14-16-18-20-22-24-26-28-30-32-34-36-42(46)41(40-51-52(48,49)50-39-38-45(3,4)5)44-43(47)37-35-33-31-29-27-25-23-21-19-17-15-13-11-9-7-2/h41-42,46H,6-40H2,1-5H3,(H-,44,47,48,49)/p+1. The Morgan fingerprint density at radius 1 is 0.577 bits per heavy atom. The van der Waals surface area contributed by atoms with Gasteiger partial charge in [-0.15, -0.1) is 0 Å². The fourth-order valence-corrected chi connectivity index (χ4v) is 7.49. The Hall–Kier alpha value is -0.500. The number of aliphatic hydroxyl groups is 1. The molecule has 9 heteroatoms. The van der Waals surface area contributed by atoms with Crippen LogP contribution in [-0.2, 0) is 18.4 Å². The third kappa shape index (κ3) is 37.8. The summed E-state index contributed by atoms with van der Waals surface area (Å²) >= 11 is 0. The van der Waals surface area contributed by atoms with E-state index < -0.39 is 20.0 Å². The van der Waals surface area contributed by atoms with Gasteiger partial charge in [0.25, 0.3) is 0 Å². The zero-order valence-corrected chi connectivity index (χ0v) is 36.2. The minimum Gasteiger partial charge on any atom is -0.391 e. The number of likely N-dealkylation sites (N-methyl/N-ethyl adjacent to an activating group) is 1. The summed E-state index contributed by atoms with van der Waals surface area (Å²) in [5.41, 5.74) is 0. The van der Waals surface area contributed by atoms with Crippen molar-refractivity contribution in [2.75, 3.05) is 40.9 Å². The van der Waals surface area contributed by atoms with Crippen LogP contribution in [0.1, 0.15) is 219 Å². The molecule has 0 aromatic rings. The summed E-state index contributed by atoms with van der Waals surface area (Å²) in [6, 6.07) is -0.752. The monoisotopic (exact) mass is 762 g/mol. The Morgan fingerprint density at radius 2 is 0.923 bits per heavy atom. The van der Waals surface area contributed by atoms with Crippen LogP contribution < -0.4 is 5.32 Å². The van der Waals surface area contributed by atoms with E-state index in [-0.39, 0.29) is 19.1 Å². The average molecular weight is 762 g/mol. The molecular formula is C43H90N2O6P+. The third-order valence-corrected chi connectivity index (χ3v) is 11.3. The van der Waals surface area contributed by atoms with Crippen LogP contribution in [0, 0.1) is 0 Å². The summed E-state index contributed by atoms with van der Waals surface area (Å²) in [4.78, 5) is 23.1. The molecule has 0 saturated carbocycles. The van der Waals surface area contributed by atoms with E-state index in [1.165, 1.54) is 154 Å². The lowest BCUT2D eigenvalue weighted by atomic mass is 10.0. The van der Waals surface area contributed by atoms with Gasteiger partial charge in [-0.3, -0.25) is 13.8 Å². The zero-order chi connectivity index (χ0) is 38.6. The fourth-order valence-electron chi connectivity index (χ4n) is 6.75. The number of rotatable bonds is 41. The van der Waals surface area contributed by atoms with Gasteiger partial charge in [-0.1, -0.05) is 200 Å². The predicted octanol–water partition coefficient (Wildman–Crippen LogP) is 12.2. The van der Waals surface area contributed by atoms with E-state index in [4.69, 9.17) is 9.05 Å². The van der Waals surface area contributed by atoms with E-state index in [1.54, 1.807) is 0 Å². The highest BCUT2D eigenvalue weighted by Crippen LogP contribution is 2.43. The molecule has 1 amide bonds. The molecule has 312 valence electrons. The highest BCUT2D eigenvalue weighted by atomic mass is 31.2. The largest absolute Gasteiger partial charge is 0.472 e. The molecule has 0 aliphatic heterocycles. The second kappa shape index (κ2) is 36.2. The number of carbonyl (C=O) groups is 1. The Bertz CT molecular complexity index is 824. The number of aliphatic hydroxyl groups excluding tert-OH is 1. The summed E-state index contributed by atoms with van der Waals surface area (Å²) < 4.78 is 23.6. The first kappa shape index (κ1) is 51.5. The summed E-state index contributed by atoms with van der Waals surface area (Å²) in [6.45, 7) is 4.91. The lowest BCUT2D eigenvalue weighted by Gasteiger charge is -2.26. The predicted molar refractivity (Wildman–Crippen MR) is 222 cm³/mol. The molecule has 0 rings (SSSR count). The van der Waals surface area contributed by atoms with Gasteiger partial charge in [-0.25, -0.2) is 4.57 Å². The number of quaternary nitrogens is 1. The Kier molecular flexibility index (Phi) is 35.8. The second-order valence-corrected chi connectivity index (χ2v) is 18.2. The smallest absolute Gasteiger partial charge is 0.391 e. The van der Waals surface area contributed by atoms with Gasteiger partial charge in [-0.05, 0) is 12.8 Å². The fraction of sp³-hybridized carbons (Fsp3) is 0.977. The molecule has 3 N–H and O–H groups in total. The van der Waals surface area contributed by atoms with Crippen molar-refractivity contribution in [2.45, 2.75) is 231 Å². The van der Waals surface area contributed by atoms with Crippen molar-refractivity contribution in [1.82, 2.24) is 5.32 Å². The molecular weight excluding hydrogens is 671 g/mol. The van der Waals surface area contributed by atoms with E-state index in [1.807, 2.05) is 21.1 Å². The SMILES string of the molecule is CCCCCCCCCCCCCCCCCC(=O)NC(COP(=O)(O)OCC[N+](C)(C)C)C(O)CCCCCCCCCCCCCCCCC. The maximum Gasteiger partial charge on any atom is 0.472 e. The van der Waals surface area contributed by atoms with Gasteiger partial charge in [0.15, 0.2) is 0 Å². The Labute approximate surface area is 323 Å². The average Bonchev–Trinajstić information content (AvgIpc) is 3.09. The van der Waals surface area contributed by atoms with Crippen LogP contribution in [0.2, 0.25) is 0 Å². The Morgan fingerprint density at radius 3 is 1.29 bits per heavy atom. The molecule has 0 aromatic carbocycles. The van der Waals surface area contributed by atoms with E-state index in [2.05, 4.69) is 19.2 Å².